The molecule has 2 rings (SSSR count). The van der Waals surface area contributed by atoms with Crippen molar-refractivity contribution in [3.05, 3.63) is 29.0 Å². The van der Waals surface area contributed by atoms with Gasteiger partial charge in [-0.1, -0.05) is 15.9 Å². The number of aromatic nitrogens is 2. The Balaban J connectivity index is 2.61. The van der Waals surface area contributed by atoms with Crippen molar-refractivity contribution in [1.82, 2.24) is 9.97 Å². The Hall–Kier alpha value is -1.49. The van der Waals surface area contributed by atoms with E-state index in [4.69, 9.17) is 4.74 Å². The summed E-state index contributed by atoms with van der Waals surface area (Å²) in [6.07, 6.45) is 3.32. The summed E-state index contributed by atoms with van der Waals surface area (Å²) >= 11 is 3.34. The maximum atomic E-state index is 9.88. The van der Waals surface area contributed by atoms with Gasteiger partial charge >= 0.3 is 0 Å². The van der Waals surface area contributed by atoms with Crippen LogP contribution >= 0.6 is 15.9 Å². The van der Waals surface area contributed by atoms with E-state index in [0.29, 0.717) is 17.1 Å². The van der Waals surface area contributed by atoms with Crippen LogP contribution in [0.3, 0.4) is 0 Å². The van der Waals surface area contributed by atoms with Gasteiger partial charge in [0.15, 0.2) is 11.5 Å². The van der Waals surface area contributed by atoms with Crippen molar-refractivity contribution in [2.24, 2.45) is 0 Å². The van der Waals surface area contributed by atoms with Gasteiger partial charge in [-0.05, 0) is 12.1 Å². The number of benzene rings is 1. The lowest BCUT2D eigenvalue weighted by Crippen LogP contribution is -1.88. The average molecular weight is 269 g/mol. The monoisotopic (exact) mass is 268 g/mol. The Morgan fingerprint density at radius 2 is 2.27 bits per heavy atom. The van der Waals surface area contributed by atoms with E-state index in [9.17, 15) is 5.11 Å². The van der Waals surface area contributed by atoms with Gasteiger partial charge in [0.2, 0.25) is 0 Å². The molecule has 0 saturated carbocycles. The first-order chi connectivity index (χ1) is 7.22. The van der Waals surface area contributed by atoms with Crippen LogP contribution in [0, 0.1) is 0 Å². The Labute approximate surface area is 95.1 Å². The zero-order valence-electron chi connectivity index (χ0n) is 7.99. The molecule has 2 aromatic rings. The van der Waals surface area contributed by atoms with Gasteiger partial charge in [0.05, 0.1) is 12.7 Å². The molecule has 1 aromatic heterocycles. The Bertz CT molecular complexity index is 469. The molecule has 0 fully saturated rings. The maximum absolute atomic E-state index is 9.88. The molecule has 5 heteroatoms. The number of phenols is 1. The molecule has 78 valence electrons. The minimum Gasteiger partial charge on any atom is -0.504 e. The second kappa shape index (κ2) is 3.94. The summed E-state index contributed by atoms with van der Waals surface area (Å²) in [5.74, 6) is 1.10. The summed E-state index contributed by atoms with van der Waals surface area (Å²) in [5.41, 5.74) is 0.603. The van der Waals surface area contributed by atoms with Crippen molar-refractivity contribution in [2.45, 2.75) is 0 Å². The van der Waals surface area contributed by atoms with E-state index >= 15 is 0 Å². The topological polar surface area (TPSA) is 58.1 Å². The van der Waals surface area contributed by atoms with Gasteiger partial charge in [0.25, 0.3) is 0 Å². The van der Waals surface area contributed by atoms with E-state index in [1.807, 2.05) is 0 Å². The van der Waals surface area contributed by atoms with E-state index in [1.165, 1.54) is 7.11 Å². The lowest BCUT2D eigenvalue weighted by Gasteiger charge is -2.07. The van der Waals surface area contributed by atoms with Crippen LogP contribution in [-0.4, -0.2) is 22.2 Å². The SMILES string of the molecule is COc1cc(Br)cc(-c2ncc[nH]2)c1O. The van der Waals surface area contributed by atoms with Gasteiger partial charge in [-0.15, -0.1) is 0 Å². The molecule has 0 aliphatic carbocycles. The molecule has 1 aromatic carbocycles. The summed E-state index contributed by atoms with van der Waals surface area (Å²) in [7, 11) is 1.51. The Kier molecular flexibility index (Phi) is 2.64. The fourth-order valence-corrected chi connectivity index (χ4v) is 1.76. The largest absolute Gasteiger partial charge is 0.504 e. The second-order valence-corrected chi connectivity index (χ2v) is 3.86. The molecule has 0 spiro atoms. The number of nitrogens with one attached hydrogen (secondary N) is 1. The fraction of sp³-hybridized carbons (Fsp3) is 0.100. The van der Waals surface area contributed by atoms with Crippen molar-refractivity contribution in [1.29, 1.82) is 0 Å². The van der Waals surface area contributed by atoms with Crippen LogP contribution in [0.4, 0.5) is 0 Å². The number of ether oxygens (including phenoxy) is 1. The van der Waals surface area contributed by atoms with Gasteiger partial charge in [0, 0.05) is 16.9 Å². The molecule has 0 amide bonds. The molecular weight excluding hydrogens is 260 g/mol. The number of rotatable bonds is 2. The molecule has 15 heavy (non-hydrogen) atoms. The van der Waals surface area contributed by atoms with Crippen LogP contribution in [-0.2, 0) is 0 Å². The highest BCUT2D eigenvalue weighted by atomic mass is 79.9. The molecule has 0 atom stereocenters. The summed E-state index contributed by atoms with van der Waals surface area (Å²) in [6.45, 7) is 0. The van der Waals surface area contributed by atoms with E-state index in [1.54, 1.807) is 24.5 Å². The molecule has 0 bridgehead atoms. The minimum atomic E-state index is 0.0793. The molecule has 4 nitrogen and oxygen atoms in total. The fourth-order valence-electron chi connectivity index (χ4n) is 1.32. The lowest BCUT2D eigenvalue weighted by atomic mass is 10.2. The first kappa shape index (κ1) is 10.0. The van der Waals surface area contributed by atoms with E-state index in [-0.39, 0.29) is 5.75 Å². The number of phenolic OH excluding ortho intramolecular Hbond substituents is 1. The zero-order valence-corrected chi connectivity index (χ0v) is 9.58. The zero-order chi connectivity index (χ0) is 10.8. The van der Waals surface area contributed by atoms with Crippen molar-refractivity contribution in [3.63, 3.8) is 0 Å². The number of imidazole rings is 1. The van der Waals surface area contributed by atoms with E-state index in [0.717, 1.165) is 4.47 Å². The van der Waals surface area contributed by atoms with Gasteiger partial charge in [0.1, 0.15) is 5.82 Å². The summed E-state index contributed by atoms with van der Waals surface area (Å²) < 4.78 is 5.87. The maximum Gasteiger partial charge on any atom is 0.168 e. The predicted octanol–water partition coefficient (Wildman–Crippen LogP) is 2.55. The highest BCUT2D eigenvalue weighted by Crippen LogP contribution is 2.38. The second-order valence-electron chi connectivity index (χ2n) is 2.94. The third kappa shape index (κ3) is 1.83. The number of halogens is 1. The lowest BCUT2D eigenvalue weighted by molar-refractivity contribution is 0.374. The third-order valence-corrected chi connectivity index (χ3v) is 2.47. The van der Waals surface area contributed by atoms with Crippen LogP contribution < -0.4 is 4.74 Å². The average Bonchev–Trinajstić information content (AvgIpc) is 2.74. The number of H-pyrrole nitrogens is 1. The first-order valence-corrected chi connectivity index (χ1v) is 5.08. The normalized spacial score (nSPS) is 10.3. The smallest absolute Gasteiger partial charge is 0.168 e. The summed E-state index contributed by atoms with van der Waals surface area (Å²) in [5, 5.41) is 9.88. The highest BCUT2D eigenvalue weighted by molar-refractivity contribution is 9.10. The summed E-state index contributed by atoms with van der Waals surface area (Å²) in [4.78, 5) is 7.00. The number of aromatic amines is 1. The Morgan fingerprint density at radius 1 is 1.47 bits per heavy atom. The van der Waals surface area contributed by atoms with Crippen molar-refractivity contribution in [3.8, 4) is 22.9 Å². The van der Waals surface area contributed by atoms with Gasteiger partial charge in [-0.25, -0.2) is 4.98 Å². The number of methoxy groups -OCH3 is 1. The van der Waals surface area contributed by atoms with Crippen LogP contribution in [0.1, 0.15) is 0 Å². The molecule has 0 aliphatic heterocycles. The van der Waals surface area contributed by atoms with Crippen molar-refractivity contribution >= 4 is 15.9 Å². The standard InChI is InChI=1S/C10H9BrN2O2/c1-15-8-5-6(11)4-7(9(8)14)10-12-2-3-13-10/h2-5,14H,1H3,(H,12,13). The van der Waals surface area contributed by atoms with Crippen LogP contribution in [0.15, 0.2) is 29.0 Å². The molecule has 0 unspecified atom stereocenters. The third-order valence-electron chi connectivity index (χ3n) is 2.01. The molecule has 0 saturated heterocycles. The van der Waals surface area contributed by atoms with E-state index < -0.39 is 0 Å². The van der Waals surface area contributed by atoms with Crippen molar-refractivity contribution in [2.75, 3.05) is 7.11 Å². The molecule has 0 radical (unpaired) electrons. The number of hydrogen-bond donors (Lipinski definition) is 2. The number of aromatic hydroxyl groups is 1. The van der Waals surface area contributed by atoms with Gasteiger partial charge < -0.3 is 14.8 Å². The quantitative estimate of drug-likeness (QED) is 0.880. The van der Waals surface area contributed by atoms with Crippen LogP contribution in [0.25, 0.3) is 11.4 Å². The number of nitrogens with zero attached hydrogens (tertiary/aromatic N) is 1. The van der Waals surface area contributed by atoms with Gasteiger partial charge in [-0.3, -0.25) is 0 Å². The predicted molar refractivity (Wildman–Crippen MR) is 59.9 cm³/mol. The minimum absolute atomic E-state index is 0.0793. The molecule has 2 N–H and O–H groups in total. The molecular formula is C10H9BrN2O2. The molecule has 1 heterocycles. The number of hydrogen-bond acceptors (Lipinski definition) is 3. The van der Waals surface area contributed by atoms with Crippen molar-refractivity contribution < 1.29 is 9.84 Å². The molecule has 0 aliphatic rings. The van der Waals surface area contributed by atoms with Crippen LogP contribution in [0.2, 0.25) is 0 Å². The van der Waals surface area contributed by atoms with E-state index in [2.05, 4.69) is 25.9 Å². The highest BCUT2D eigenvalue weighted by Gasteiger charge is 2.12. The van der Waals surface area contributed by atoms with Gasteiger partial charge in [-0.2, -0.15) is 0 Å². The van der Waals surface area contributed by atoms with Crippen LogP contribution in [0.5, 0.6) is 11.5 Å². The Morgan fingerprint density at radius 3 is 2.87 bits per heavy atom. The summed E-state index contributed by atoms with van der Waals surface area (Å²) in [6, 6.07) is 3.47. The first-order valence-electron chi connectivity index (χ1n) is 4.28.